The Labute approximate surface area is 105 Å². The molecule has 0 heterocycles. The third kappa shape index (κ3) is 10.3. The average Bonchev–Trinajstić information content (AvgIpc) is 2.12. The molecule has 0 radical (unpaired) electrons. The number of aliphatic hydroxyl groups is 1. The second-order valence-electron chi connectivity index (χ2n) is 6.15. The Kier molecular flexibility index (Phi) is 7.39. The first-order chi connectivity index (χ1) is 7.74. The van der Waals surface area contributed by atoms with Gasteiger partial charge in [-0.1, -0.05) is 27.7 Å². The molecular weight excluding hydrogens is 216 g/mol. The summed E-state index contributed by atoms with van der Waals surface area (Å²) in [4.78, 5) is 11.6. The highest BCUT2D eigenvalue weighted by Crippen LogP contribution is 2.20. The van der Waals surface area contributed by atoms with Gasteiger partial charge in [0.1, 0.15) is 0 Å². The van der Waals surface area contributed by atoms with Gasteiger partial charge in [-0.15, -0.1) is 0 Å². The Morgan fingerprint density at radius 2 is 2.00 bits per heavy atom. The molecule has 0 rings (SSSR count). The van der Waals surface area contributed by atoms with Crippen LogP contribution < -0.4 is 11.1 Å². The fourth-order valence-corrected chi connectivity index (χ4v) is 1.78. The third-order valence-electron chi connectivity index (χ3n) is 2.59. The summed E-state index contributed by atoms with van der Waals surface area (Å²) in [6.07, 6.45) is 1.93. The van der Waals surface area contributed by atoms with Gasteiger partial charge in [-0.2, -0.15) is 0 Å². The lowest BCUT2D eigenvalue weighted by Crippen LogP contribution is -2.35. The van der Waals surface area contributed by atoms with Crippen LogP contribution in [-0.2, 0) is 4.79 Å². The summed E-state index contributed by atoms with van der Waals surface area (Å²) in [5.41, 5.74) is 6.08. The number of nitrogens with two attached hydrogens (primary N) is 1. The molecule has 2 unspecified atom stereocenters. The van der Waals surface area contributed by atoms with Crippen LogP contribution in [0.2, 0.25) is 0 Å². The van der Waals surface area contributed by atoms with E-state index in [4.69, 9.17) is 10.8 Å². The molecule has 0 fully saturated rings. The molecule has 2 atom stereocenters. The first-order valence-electron chi connectivity index (χ1n) is 6.37. The second kappa shape index (κ2) is 7.67. The van der Waals surface area contributed by atoms with Gasteiger partial charge < -0.3 is 16.2 Å². The highest BCUT2D eigenvalue weighted by molar-refractivity contribution is 5.76. The maximum absolute atomic E-state index is 11.6. The van der Waals surface area contributed by atoms with Gasteiger partial charge in [0.15, 0.2) is 0 Å². The van der Waals surface area contributed by atoms with E-state index >= 15 is 0 Å². The molecule has 0 spiro atoms. The Morgan fingerprint density at radius 3 is 2.47 bits per heavy atom. The van der Waals surface area contributed by atoms with Crippen LogP contribution in [0.4, 0.5) is 0 Å². The van der Waals surface area contributed by atoms with Crippen molar-refractivity contribution in [3.8, 4) is 0 Å². The van der Waals surface area contributed by atoms with Crippen molar-refractivity contribution in [1.82, 2.24) is 5.32 Å². The fraction of sp³-hybridized carbons (Fsp3) is 0.923. The first-order valence-corrected chi connectivity index (χ1v) is 6.37. The number of aliphatic hydroxyl groups excluding tert-OH is 1. The summed E-state index contributed by atoms with van der Waals surface area (Å²) in [7, 11) is 0. The minimum atomic E-state index is -0.0804. The highest BCUT2D eigenvalue weighted by Gasteiger charge is 2.18. The molecule has 0 aromatic rings. The molecule has 4 N–H and O–H groups in total. The number of nitrogens with one attached hydrogen (secondary N) is 1. The van der Waals surface area contributed by atoms with Gasteiger partial charge in [-0.05, 0) is 24.2 Å². The predicted octanol–water partition coefficient (Wildman–Crippen LogP) is 1.27. The van der Waals surface area contributed by atoms with E-state index in [9.17, 15) is 4.79 Å². The van der Waals surface area contributed by atoms with Gasteiger partial charge in [0.2, 0.25) is 5.91 Å². The monoisotopic (exact) mass is 244 g/mol. The normalized spacial score (nSPS) is 15.4. The van der Waals surface area contributed by atoms with Gasteiger partial charge >= 0.3 is 0 Å². The van der Waals surface area contributed by atoms with Crippen molar-refractivity contribution in [2.24, 2.45) is 17.1 Å². The van der Waals surface area contributed by atoms with Gasteiger partial charge in [0.25, 0.3) is 0 Å². The third-order valence-corrected chi connectivity index (χ3v) is 2.59. The molecule has 0 bridgehead atoms. The fourth-order valence-electron chi connectivity index (χ4n) is 1.78. The van der Waals surface area contributed by atoms with E-state index in [1.54, 1.807) is 0 Å². The van der Waals surface area contributed by atoms with Crippen molar-refractivity contribution in [2.45, 2.75) is 53.0 Å². The van der Waals surface area contributed by atoms with Crippen LogP contribution in [0.15, 0.2) is 0 Å². The summed E-state index contributed by atoms with van der Waals surface area (Å²) < 4.78 is 0. The van der Waals surface area contributed by atoms with E-state index in [1.807, 2.05) is 6.92 Å². The number of hydrogen-bond donors (Lipinski definition) is 3. The number of amides is 1. The van der Waals surface area contributed by atoms with Gasteiger partial charge in [-0.25, -0.2) is 0 Å². The zero-order valence-corrected chi connectivity index (χ0v) is 11.6. The van der Waals surface area contributed by atoms with Crippen LogP contribution >= 0.6 is 0 Å². The van der Waals surface area contributed by atoms with E-state index in [-0.39, 0.29) is 24.0 Å². The van der Waals surface area contributed by atoms with Gasteiger partial charge in [-0.3, -0.25) is 4.79 Å². The van der Waals surface area contributed by atoms with E-state index in [0.717, 1.165) is 6.42 Å². The molecule has 0 saturated carbocycles. The smallest absolute Gasteiger partial charge is 0.221 e. The summed E-state index contributed by atoms with van der Waals surface area (Å²) in [6.45, 7) is 9.14. The zero-order chi connectivity index (χ0) is 13.5. The highest BCUT2D eigenvalue weighted by atomic mass is 16.3. The van der Waals surface area contributed by atoms with Gasteiger partial charge in [0.05, 0.1) is 0 Å². The van der Waals surface area contributed by atoms with E-state index in [1.165, 1.54) is 0 Å². The maximum Gasteiger partial charge on any atom is 0.221 e. The van der Waals surface area contributed by atoms with Crippen LogP contribution in [0.1, 0.15) is 47.0 Å². The summed E-state index contributed by atoms with van der Waals surface area (Å²) in [5.74, 6) is 0.314. The zero-order valence-electron chi connectivity index (χ0n) is 11.6. The largest absolute Gasteiger partial charge is 0.396 e. The molecule has 0 aliphatic carbocycles. The van der Waals surface area contributed by atoms with Crippen molar-refractivity contribution < 1.29 is 9.90 Å². The van der Waals surface area contributed by atoms with Crippen LogP contribution in [0, 0.1) is 11.3 Å². The Morgan fingerprint density at radius 1 is 1.41 bits per heavy atom. The molecule has 1 amide bonds. The Balaban J connectivity index is 3.78. The Hall–Kier alpha value is -0.610. The molecule has 0 aromatic heterocycles. The standard InChI is InChI=1S/C13H28N2O2/c1-10(5-6-16)9-15-12(17)7-11(14)8-13(2,3)4/h10-11,16H,5-9,14H2,1-4H3,(H,15,17). The van der Waals surface area contributed by atoms with Crippen molar-refractivity contribution in [1.29, 1.82) is 0 Å². The molecule has 0 saturated heterocycles. The lowest BCUT2D eigenvalue weighted by molar-refractivity contribution is -0.121. The number of carbonyl (C=O) groups excluding carboxylic acids is 1. The van der Waals surface area contributed by atoms with E-state index < -0.39 is 0 Å². The SMILES string of the molecule is CC(CCO)CNC(=O)CC(N)CC(C)(C)C. The molecule has 4 heteroatoms. The van der Waals surface area contributed by atoms with Crippen molar-refractivity contribution in [3.05, 3.63) is 0 Å². The van der Waals surface area contributed by atoms with Crippen molar-refractivity contribution >= 4 is 5.91 Å². The molecule has 17 heavy (non-hydrogen) atoms. The minimum absolute atomic E-state index is 0.00606. The lowest BCUT2D eigenvalue weighted by atomic mass is 9.87. The minimum Gasteiger partial charge on any atom is -0.396 e. The molecular formula is C13H28N2O2. The number of carbonyl (C=O) groups is 1. The summed E-state index contributed by atoms with van der Waals surface area (Å²) in [5, 5.41) is 11.6. The van der Waals surface area contributed by atoms with Crippen molar-refractivity contribution in [2.75, 3.05) is 13.2 Å². The summed E-state index contributed by atoms with van der Waals surface area (Å²) >= 11 is 0. The quantitative estimate of drug-likeness (QED) is 0.631. The van der Waals surface area contributed by atoms with E-state index in [2.05, 4.69) is 26.1 Å². The van der Waals surface area contributed by atoms with E-state index in [0.29, 0.717) is 25.3 Å². The van der Waals surface area contributed by atoms with Crippen LogP contribution in [0.5, 0.6) is 0 Å². The molecule has 4 nitrogen and oxygen atoms in total. The molecule has 0 aliphatic rings. The molecule has 0 aromatic carbocycles. The topological polar surface area (TPSA) is 75.3 Å². The van der Waals surface area contributed by atoms with Gasteiger partial charge in [0, 0.05) is 25.6 Å². The number of rotatable bonds is 7. The summed E-state index contributed by atoms with van der Waals surface area (Å²) in [6, 6.07) is -0.0804. The number of hydrogen-bond acceptors (Lipinski definition) is 3. The predicted molar refractivity (Wildman–Crippen MR) is 70.5 cm³/mol. The first kappa shape index (κ1) is 16.4. The van der Waals surface area contributed by atoms with Crippen LogP contribution in [0.25, 0.3) is 0 Å². The lowest BCUT2D eigenvalue weighted by Gasteiger charge is -2.23. The van der Waals surface area contributed by atoms with Crippen LogP contribution in [-0.4, -0.2) is 30.2 Å². The maximum atomic E-state index is 11.6. The van der Waals surface area contributed by atoms with Crippen molar-refractivity contribution in [3.63, 3.8) is 0 Å². The molecule has 102 valence electrons. The Bertz CT molecular complexity index is 224. The second-order valence-corrected chi connectivity index (χ2v) is 6.15. The molecule has 0 aliphatic heterocycles. The average molecular weight is 244 g/mol. The van der Waals surface area contributed by atoms with Crippen LogP contribution in [0.3, 0.4) is 0 Å².